The number of Topliss-reactive ketones (excluding diaryl/α,β-unsaturated/α-hetero) is 1. The maximum atomic E-state index is 13.2. The van der Waals surface area contributed by atoms with Gasteiger partial charge in [0.1, 0.15) is 5.75 Å². The number of carbonyl (C=O) groups excluding carboxylic acids is 2. The summed E-state index contributed by atoms with van der Waals surface area (Å²) in [6.45, 7) is 7.31. The lowest BCUT2D eigenvalue weighted by molar-refractivity contribution is -0.123. The van der Waals surface area contributed by atoms with E-state index in [0.29, 0.717) is 30.4 Å². The van der Waals surface area contributed by atoms with Gasteiger partial charge >= 0.3 is 0 Å². The fourth-order valence-electron chi connectivity index (χ4n) is 5.06. The van der Waals surface area contributed by atoms with Gasteiger partial charge in [-0.3, -0.25) is 9.59 Å². The minimum atomic E-state index is -0.347. The van der Waals surface area contributed by atoms with Crippen molar-refractivity contribution in [2.24, 2.45) is 10.5 Å². The van der Waals surface area contributed by atoms with Crippen LogP contribution in [0.25, 0.3) is 0 Å². The van der Waals surface area contributed by atoms with E-state index in [2.05, 4.69) is 34.2 Å². The molecule has 0 spiro atoms. The van der Waals surface area contributed by atoms with Crippen LogP contribution in [0.15, 0.2) is 89.2 Å². The molecule has 0 unspecified atom stereocenters. The second-order valence-electron chi connectivity index (χ2n) is 11.1. The first-order chi connectivity index (χ1) is 19.2. The number of ketones is 1. The summed E-state index contributed by atoms with van der Waals surface area (Å²) in [7, 11) is 0. The summed E-state index contributed by atoms with van der Waals surface area (Å²) in [5, 5.41) is 4.66. The van der Waals surface area contributed by atoms with Gasteiger partial charge in [-0.1, -0.05) is 55.3 Å². The smallest absolute Gasteiger partial charge is 0.277 e. The number of allylic oxidation sites excluding steroid dienone is 1. The topological polar surface area (TPSA) is 74.2 Å². The van der Waals surface area contributed by atoms with Crippen LogP contribution in [0.5, 0.6) is 5.75 Å². The summed E-state index contributed by atoms with van der Waals surface area (Å²) in [5.41, 5.74) is 8.38. The Kier molecular flexibility index (Phi) is 7.94. The second-order valence-corrected chi connectivity index (χ2v) is 11.5. The van der Waals surface area contributed by atoms with Crippen molar-refractivity contribution in [3.8, 4) is 5.75 Å². The van der Waals surface area contributed by atoms with Gasteiger partial charge in [-0.25, -0.2) is 5.43 Å². The number of nitrogens with zero attached hydrogens (tertiary/aromatic N) is 3. The number of hydrogen-bond acceptors (Lipinski definition) is 6. The Bertz CT molecular complexity index is 1440. The molecule has 8 heteroatoms. The van der Waals surface area contributed by atoms with E-state index >= 15 is 0 Å². The quantitative estimate of drug-likeness (QED) is 0.281. The van der Waals surface area contributed by atoms with E-state index in [1.807, 2.05) is 79.7 Å². The van der Waals surface area contributed by atoms with E-state index in [1.54, 1.807) is 6.21 Å². The Balaban J connectivity index is 1.25. The van der Waals surface area contributed by atoms with Crippen molar-refractivity contribution < 1.29 is 14.3 Å². The molecule has 0 aromatic heterocycles. The first kappa shape index (κ1) is 27.5. The number of anilines is 2. The van der Waals surface area contributed by atoms with E-state index in [4.69, 9.17) is 16.3 Å². The van der Waals surface area contributed by atoms with Gasteiger partial charge in [-0.15, -0.1) is 0 Å². The summed E-state index contributed by atoms with van der Waals surface area (Å²) in [5.74, 6) is 0.426. The molecule has 7 nitrogen and oxygen atoms in total. The zero-order valence-electron chi connectivity index (χ0n) is 23.0. The lowest BCUT2D eigenvalue weighted by Crippen LogP contribution is -2.48. The maximum Gasteiger partial charge on any atom is 0.277 e. The number of ether oxygens (including phenoxy) is 1. The van der Waals surface area contributed by atoms with E-state index < -0.39 is 0 Å². The molecule has 2 aliphatic rings. The molecule has 5 rings (SSSR count). The fraction of sp³-hybridized carbons (Fsp3) is 0.281. The average Bonchev–Trinajstić information content (AvgIpc) is 2.93. The van der Waals surface area contributed by atoms with Crippen molar-refractivity contribution in [3.63, 3.8) is 0 Å². The standard InChI is InChI=1S/C32H33ClN4O3/c1-22-4-6-23(7-5-22)18-34-35-31(39)20-40-27-14-12-25(13-15-27)36-19-28-29(16-32(2,3)17-30(28)38)37(21-36)26-10-8-24(33)9-11-26/h4-15,18H,16-17,19-21H2,1-3H3,(H,35,39)/b34-18+. The van der Waals surface area contributed by atoms with Crippen LogP contribution >= 0.6 is 11.6 Å². The van der Waals surface area contributed by atoms with Gasteiger partial charge in [0.25, 0.3) is 5.91 Å². The maximum absolute atomic E-state index is 13.2. The van der Waals surface area contributed by atoms with Crippen LogP contribution in [0.4, 0.5) is 11.4 Å². The fourth-order valence-corrected chi connectivity index (χ4v) is 5.18. The van der Waals surface area contributed by atoms with Gasteiger partial charge in [0.2, 0.25) is 0 Å². The van der Waals surface area contributed by atoms with Crippen LogP contribution in [-0.2, 0) is 9.59 Å². The number of carbonyl (C=O) groups is 2. The van der Waals surface area contributed by atoms with Gasteiger partial charge in [0, 0.05) is 40.6 Å². The summed E-state index contributed by atoms with van der Waals surface area (Å²) in [6, 6.07) is 23.1. The predicted octanol–water partition coefficient (Wildman–Crippen LogP) is 6.10. The van der Waals surface area contributed by atoms with Crippen LogP contribution in [0.2, 0.25) is 5.02 Å². The SMILES string of the molecule is Cc1ccc(/C=N/NC(=O)COc2ccc(N3CC4=C(CC(C)(C)CC4=O)N(c4ccc(Cl)cc4)C3)cc2)cc1. The molecule has 1 aliphatic carbocycles. The molecule has 0 bridgehead atoms. The Hall–Kier alpha value is -4.10. The molecule has 3 aromatic carbocycles. The molecule has 1 amide bonds. The molecular weight excluding hydrogens is 524 g/mol. The highest BCUT2D eigenvalue weighted by Crippen LogP contribution is 2.42. The lowest BCUT2D eigenvalue weighted by atomic mass is 9.74. The van der Waals surface area contributed by atoms with Gasteiger partial charge in [0.15, 0.2) is 12.4 Å². The molecule has 1 N–H and O–H groups in total. The normalized spacial score (nSPS) is 16.8. The third-order valence-corrected chi connectivity index (χ3v) is 7.40. The number of benzene rings is 3. The molecule has 40 heavy (non-hydrogen) atoms. The lowest BCUT2D eigenvalue weighted by Gasteiger charge is -2.45. The Labute approximate surface area is 240 Å². The number of amides is 1. The first-order valence-corrected chi connectivity index (χ1v) is 13.7. The molecule has 0 radical (unpaired) electrons. The molecule has 0 atom stereocenters. The number of rotatable bonds is 7. The average molecular weight is 557 g/mol. The van der Waals surface area contributed by atoms with Crippen LogP contribution in [0.3, 0.4) is 0 Å². The summed E-state index contributed by atoms with van der Waals surface area (Å²) in [6.07, 6.45) is 2.98. The number of hydrazone groups is 1. The largest absolute Gasteiger partial charge is 0.484 e. The van der Waals surface area contributed by atoms with E-state index in [-0.39, 0.29) is 23.7 Å². The molecule has 0 fully saturated rings. The summed E-state index contributed by atoms with van der Waals surface area (Å²) < 4.78 is 5.67. The van der Waals surface area contributed by atoms with Crippen LogP contribution in [0.1, 0.15) is 37.8 Å². The molecule has 1 heterocycles. The van der Waals surface area contributed by atoms with Gasteiger partial charge in [-0.05, 0) is 72.9 Å². The molecule has 0 saturated heterocycles. The van der Waals surface area contributed by atoms with Crippen molar-refractivity contribution >= 4 is 40.9 Å². The summed E-state index contributed by atoms with van der Waals surface area (Å²) >= 11 is 6.16. The first-order valence-electron chi connectivity index (χ1n) is 13.3. The monoisotopic (exact) mass is 556 g/mol. The van der Waals surface area contributed by atoms with E-state index in [0.717, 1.165) is 40.2 Å². The Morgan fingerprint density at radius 1 is 1.00 bits per heavy atom. The molecule has 206 valence electrons. The Morgan fingerprint density at radius 3 is 2.38 bits per heavy atom. The molecular formula is C32H33ClN4O3. The number of hydrogen-bond donors (Lipinski definition) is 1. The van der Waals surface area contributed by atoms with Crippen LogP contribution in [0, 0.1) is 12.3 Å². The van der Waals surface area contributed by atoms with Crippen LogP contribution < -0.4 is 20.0 Å². The zero-order chi connectivity index (χ0) is 28.3. The van der Waals surface area contributed by atoms with Gasteiger partial charge in [-0.2, -0.15) is 5.10 Å². The minimum absolute atomic E-state index is 0.0833. The number of nitrogens with one attached hydrogen (secondary N) is 1. The van der Waals surface area contributed by atoms with Crippen molar-refractivity contribution in [2.45, 2.75) is 33.6 Å². The minimum Gasteiger partial charge on any atom is -0.484 e. The second kappa shape index (κ2) is 11.6. The summed E-state index contributed by atoms with van der Waals surface area (Å²) in [4.78, 5) is 29.8. The Morgan fingerprint density at radius 2 is 1.68 bits per heavy atom. The number of aryl methyl sites for hydroxylation is 1. The van der Waals surface area contributed by atoms with E-state index in [1.165, 1.54) is 0 Å². The van der Waals surface area contributed by atoms with Crippen molar-refractivity contribution in [3.05, 3.63) is 100 Å². The highest BCUT2D eigenvalue weighted by molar-refractivity contribution is 6.30. The van der Waals surface area contributed by atoms with Crippen molar-refractivity contribution in [2.75, 3.05) is 29.6 Å². The van der Waals surface area contributed by atoms with Gasteiger partial charge < -0.3 is 14.5 Å². The highest BCUT2D eigenvalue weighted by atomic mass is 35.5. The van der Waals surface area contributed by atoms with E-state index in [9.17, 15) is 9.59 Å². The zero-order valence-corrected chi connectivity index (χ0v) is 23.7. The van der Waals surface area contributed by atoms with Crippen LogP contribution in [-0.4, -0.2) is 37.7 Å². The molecule has 1 aliphatic heterocycles. The molecule has 3 aromatic rings. The van der Waals surface area contributed by atoms with Crippen molar-refractivity contribution in [1.29, 1.82) is 0 Å². The third-order valence-electron chi connectivity index (χ3n) is 7.15. The molecule has 0 saturated carbocycles. The third kappa shape index (κ3) is 6.54. The van der Waals surface area contributed by atoms with Gasteiger partial charge in [0.05, 0.1) is 12.9 Å². The van der Waals surface area contributed by atoms with Crippen molar-refractivity contribution in [1.82, 2.24) is 5.43 Å². The highest BCUT2D eigenvalue weighted by Gasteiger charge is 2.39. The number of halogens is 1. The predicted molar refractivity (Wildman–Crippen MR) is 160 cm³/mol.